The normalized spacial score (nSPS) is 11.0. The largest absolute Gasteiger partial charge is 0.493 e. The van der Waals surface area contributed by atoms with Crippen molar-refractivity contribution in [3.63, 3.8) is 0 Å². The van der Waals surface area contributed by atoms with Gasteiger partial charge in [-0.15, -0.1) is 0 Å². The van der Waals surface area contributed by atoms with E-state index in [0.717, 1.165) is 6.26 Å². The van der Waals surface area contributed by atoms with E-state index in [9.17, 15) is 13.2 Å². The van der Waals surface area contributed by atoms with E-state index in [1.165, 1.54) is 30.9 Å². The summed E-state index contributed by atoms with van der Waals surface area (Å²) in [6.45, 7) is 0.168. The number of benzene rings is 1. The molecule has 8 nitrogen and oxygen atoms in total. The molecule has 0 aliphatic carbocycles. The number of rotatable bonds is 8. The highest BCUT2D eigenvalue weighted by Gasteiger charge is 2.19. The average molecular weight is 368 g/mol. The summed E-state index contributed by atoms with van der Waals surface area (Å²) in [7, 11) is -0.588. The van der Waals surface area contributed by atoms with Gasteiger partial charge in [0.15, 0.2) is 17.3 Å². The van der Waals surface area contributed by atoms with Gasteiger partial charge in [-0.3, -0.25) is 9.10 Å². The summed E-state index contributed by atoms with van der Waals surface area (Å²) in [5, 5.41) is 2.61. The molecule has 0 bridgehead atoms. The maximum absolute atomic E-state index is 12.1. The van der Waals surface area contributed by atoms with Crippen LogP contribution in [-0.2, 0) is 10.0 Å². The molecule has 0 atom stereocenters. The highest BCUT2D eigenvalue weighted by molar-refractivity contribution is 7.92. The number of hydrogen-bond acceptors (Lipinski definition) is 6. The molecule has 136 valence electrons. The summed E-state index contributed by atoms with van der Waals surface area (Å²) in [5.74, 6) is 0.655. The maximum Gasteiger partial charge on any atom is 0.287 e. The summed E-state index contributed by atoms with van der Waals surface area (Å²) in [6, 6.07) is 7.91. The van der Waals surface area contributed by atoms with Crippen LogP contribution in [-0.4, -0.2) is 47.9 Å². The van der Waals surface area contributed by atoms with Crippen molar-refractivity contribution in [2.75, 3.05) is 37.9 Å². The van der Waals surface area contributed by atoms with Gasteiger partial charge >= 0.3 is 0 Å². The molecule has 0 saturated carbocycles. The number of ether oxygens (including phenoxy) is 2. The molecule has 0 aliphatic heterocycles. The smallest absolute Gasteiger partial charge is 0.287 e. The molecule has 1 amide bonds. The molecule has 2 rings (SSSR count). The summed E-state index contributed by atoms with van der Waals surface area (Å²) in [5.41, 5.74) is 0.410. The number of nitrogens with zero attached hydrogens (tertiary/aromatic N) is 1. The lowest BCUT2D eigenvalue weighted by molar-refractivity contribution is 0.0927. The van der Waals surface area contributed by atoms with Gasteiger partial charge in [0.2, 0.25) is 10.0 Å². The molecule has 0 unspecified atom stereocenters. The molecule has 0 spiro atoms. The van der Waals surface area contributed by atoms with E-state index >= 15 is 0 Å². The standard InChI is InChI=1S/C16H20N2O6S/c1-22-13-7-6-12(11-15(13)23-2)18(25(3,20)21)9-8-17-16(19)14-5-4-10-24-14/h4-7,10-11H,8-9H2,1-3H3,(H,17,19). The SMILES string of the molecule is COc1ccc(N(CCNC(=O)c2ccco2)S(C)(=O)=O)cc1OC. The number of carbonyl (C=O) groups is 1. The van der Waals surface area contributed by atoms with Gasteiger partial charge in [-0.25, -0.2) is 8.42 Å². The fraction of sp³-hybridized carbons (Fsp3) is 0.312. The average Bonchev–Trinajstić information content (AvgIpc) is 3.11. The van der Waals surface area contributed by atoms with E-state index in [0.29, 0.717) is 17.2 Å². The molecule has 9 heteroatoms. The van der Waals surface area contributed by atoms with Crippen LogP contribution in [0.25, 0.3) is 0 Å². The number of furan rings is 1. The van der Waals surface area contributed by atoms with Crippen LogP contribution in [0.1, 0.15) is 10.6 Å². The summed E-state index contributed by atoms with van der Waals surface area (Å²) in [6.07, 6.45) is 2.49. The lowest BCUT2D eigenvalue weighted by Gasteiger charge is -2.23. The van der Waals surface area contributed by atoms with Crippen LogP contribution >= 0.6 is 0 Å². The molecule has 2 aromatic rings. The Balaban J connectivity index is 2.13. The predicted molar refractivity (Wildman–Crippen MR) is 92.8 cm³/mol. The Morgan fingerprint density at radius 2 is 1.92 bits per heavy atom. The third-order valence-corrected chi connectivity index (χ3v) is 4.59. The Morgan fingerprint density at radius 1 is 1.20 bits per heavy atom. The van der Waals surface area contributed by atoms with Crippen molar-refractivity contribution >= 4 is 21.6 Å². The van der Waals surface area contributed by atoms with E-state index in [1.807, 2.05) is 0 Å². The van der Waals surface area contributed by atoms with Crippen molar-refractivity contribution in [1.29, 1.82) is 0 Å². The third-order valence-electron chi connectivity index (χ3n) is 3.40. The second kappa shape index (κ2) is 7.93. The van der Waals surface area contributed by atoms with E-state index in [-0.39, 0.29) is 18.8 Å². The van der Waals surface area contributed by atoms with Gasteiger partial charge in [0.1, 0.15) is 0 Å². The van der Waals surface area contributed by atoms with Crippen LogP contribution in [0.15, 0.2) is 41.0 Å². The number of amides is 1. The van der Waals surface area contributed by atoms with Gasteiger partial charge in [-0.05, 0) is 24.3 Å². The fourth-order valence-corrected chi connectivity index (χ4v) is 3.15. The maximum atomic E-state index is 12.1. The summed E-state index contributed by atoms with van der Waals surface area (Å²) < 4.78 is 40.7. The summed E-state index contributed by atoms with van der Waals surface area (Å²) in [4.78, 5) is 11.8. The minimum absolute atomic E-state index is 0.0563. The zero-order chi connectivity index (χ0) is 18.4. The Labute approximate surface area is 146 Å². The number of anilines is 1. The van der Waals surface area contributed by atoms with Gasteiger partial charge in [-0.1, -0.05) is 0 Å². The predicted octanol–water partition coefficient (Wildman–Crippen LogP) is 1.49. The fourth-order valence-electron chi connectivity index (χ4n) is 2.23. The van der Waals surface area contributed by atoms with Crippen LogP contribution < -0.4 is 19.1 Å². The monoisotopic (exact) mass is 368 g/mol. The van der Waals surface area contributed by atoms with Crippen molar-refractivity contribution < 1.29 is 27.1 Å². The minimum Gasteiger partial charge on any atom is -0.493 e. The van der Waals surface area contributed by atoms with Crippen LogP contribution in [0.5, 0.6) is 11.5 Å². The first-order valence-corrected chi connectivity index (χ1v) is 9.23. The molecular formula is C16H20N2O6S. The molecule has 0 fully saturated rings. The van der Waals surface area contributed by atoms with Crippen molar-refractivity contribution in [1.82, 2.24) is 5.32 Å². The quantitative estimate of drug-likeness (QED) is 0.758. The Kier molecular flexibility index (Phi) is 5.92. The lowest BCUT2D eigenvalue weighted by atomic mass is 10.2. The van der Waals surface area contributed by atoms with Crippen molar-refractivity contribution in [2.45, 2.75) is 0 Å². The molecule has 25 heavy (non-hydrogen) atoms. The Bertz CT molecular complexity index is 817. The van der Waals surface area contributed by atoms with E-state index < -0.39 is 15.9 Å². The molecule has 1 aromatic carbocycles. The molecule has 1 N–H and O–H groups in total. The lowest BCUT2D eigenvalue weighted by Crippen LogP contribution is -2.38. The first-order chi connectivity index (χ1) is 11.9. The van der Waals surface area contributed by atoms with Crippen LogP contribution in [0.2, 0.25) is 0 Å². The molecule has 0 aliphatic rings. The molecule has 1 heterocycles. The third kappa shape index (κ3) is 4.66. The van der Waals surface area contributed by atoms with E-state index in [1.54, 1.807) is 24.3 Å². The highest BCUT2D eigenvalue weighted by Crippen LogP contribution is 2.32. The zero-order valence-electron chi connectivity index (χ0n) is 14.2. The van der Waals surface area contributed by atoms with E-state index in [2.05, 4.69) is 5.32 Å². The Hall–Kier alpha value is -2.68. The second-order valence-corrected chi connectivity index (χ2v) is 7.01. The second-order valence-electron chi connectivity index (χ2n) is 5.11. The first kappa shape index (κ1) is 18.7. The van der Waals surface area contributed by atoms with Crippen molar-refractivity contribution in [3.8, 4) is 11.5 Å². The van der Waals surface area contributed by atoms with Gasteiger partial charge in [0.05, 0.1) is 39.0 Å². The minimum atomic E-state index is -3.55. The van der Waals surface area contributed by atoms with Gasteiger partial charge in [0, 0.05) is 12.6 Å². The van der Waals surface area contributed by atoms with Crippen molar-refractivity contribution in [2.24, 2.45) is 0 Å². The highest BCUT2D eigenvalue weighted by atomic mass is 32.2. The molecule has 0 saturated heterocycles. The van der Waals surface area contributed by atoms with E-state index in [4.69, 9.17) is 13.9 Å². The number of sulfonamides is 1. The van der Waals surface area contributed by atoms with Gasteiger partial charge in [-0.2, -0.15) is 0 Å². The van der Waals surface area contributed by atoms with Crippen LogP contribution in [0.4, 0.5) is 5.69 Å². The molecule has 1 aromatic heterocycles. The summed E-state index contributed by atoms with van der Waals surface area (Å²) >= 11 is 0. The number of nitrogens with one attached hydrogen (secondary N) is 1. The number of hydrogen-bond donors (Lipinski definition) is 1. The number of methoxy groups -OCH3 is 2. The van der Waals surface area contributed by atoms with Gasteiger partial charge in [0.25, 0.3) is 5.91 Å². The first-order valence-electron chi connectivity index (χ1n) is 7.38. The van der Waals surface area contributed by atoms with Crippen LogP contribution in [0.3, 0.4) is 0 Å². The molecule has 0 radical (unpaired) electrons. The van der Waals surface area contributed by atoms with Crippen LogP contribution in [0, 0.1) is 0 Å². The Morgan fingerprint density at radius 3 is 2.48 bits per heavy atom. The zero-order valence-corrected chi connectivity index (χ0v) is 15.0. The molecular weight excluding hydrogens is 348 g/mol. The van der Waals surface area contributed by atoms with Crippen molar-refractivity contribution in [3.05, 3.63) is 42.4 Å². The topological polar surface area (TPSA) is 98.1 Å². The van der Waals surface area contributed by atoms with Gasteiger partial charge < -0.3 is 19.2 Å². The number of carbonyl (C=O) groups excluding carboxylic acids is 1.